The molecule has 0 atom stereocenters. The van der Waals surface area contributed by atoms with E-state index in [1.54, 1.807) is 24.3 Å². The first-order valence-corrected chi connectivity index (χ1v) is 11.5. The summed E-state index contributed by atoms with van der Waals surface area (Å²) in [4.78, 5) is 25.5. The molecule has 0 aromatic carbocycles. The van der Waals surface area contributed by atoms with Crippen molar-refractivity contribution in [2.75, 3.05) is 18.2 Å². The Labute approximate surface area is 189 Å². The van der Waals surface area contributed by atoms with E-state index in [1.165, 1.54) is 30.2 Å². The highest BCUT2D eigenvalue weighted by Crippen LogP contribution is 2.30. The minimum Gasteiger partial charge on any atom is -0.465 e. The number of ether oxygens (including phenoxy) is 1. The number of halogens is 1. The molecule has 30 heavy (non-hydrogen) atoms. The van der Waals surface area contributed by atoms with E-state index in [9.17, 15) is 9.59 Å². The number of allylic oxidation sites excluding steroid dienone is 1. The largest absolute Gasteiger partial charge is 0.465 e. The van der Waals surface area contributed by atoms with Gasteiger partial charge in [-0.1, -0.05) is 24.8 Å². The van der Waals surface area contributed by atoms with Crippen LogP contribution in [0.2, 0.25) is 0 Å². The smallest absolute Gasteiger partial charge is 0.340 e. The molecule has 0 spiro atoms. The summed E-state index contributed by atoms with van der Waals surface area (Å²) in [6.45, 7) is 6.21. The number of thioether (sulfide) groups is 1. The number of aromatic nitrogens is 3. The van der Waals surface area contributed by atoms with Crippen LogP contribution < -0.4 is 5.32 Å². The number of rotatable bonds is 9. The molecule has 0 aliphatic heterocycles. The second-order valence-electron chi connectivity index (χ2n) is 5.95. The maximum atomic E-state index is 12.5. The molecule has 0 aliphatic carbocycles. The van der Waals surface area contributed by atoms with Crippen molar-refractivity contribution in [2.24, 2.45) is 0 Å². The Morgan fingerprint density at radius 3 is 2.87 bits per heavy atom. The van der Waals surface area contributed by atoms with Crippen molar-refractivity contribution in [2.45, 2.75) is 25.0 Å². The van der Waals surface area contributed by atoms with Gasteiger partial charge in [-0.2, -0.15) is 0 Å². The molecule has 1 amide bonds. The molecule has 3 rings (SSSR count). The van der Waals surface area contributed by atoms with Crippen molar-refractivity contribution < 1.29 is 18.7 Å². The standard InChI is InChI=1S/C19H19BrN4O4S2/c1-4-8-24-16(13-6-7-14(20)28-13)22-23-19(24)29-10-15(25)21-17-12(18(26)27-3)9-11(5-2)30-17/h4,6-7,9H,1,5,8,10H2,2-3H3,(H,21,25). The third-order valence-corrected chi connectivity index (χ3v) is 6.53. The normalized spacial score (nSPS) is 10.8. The lowest BCUT2D eigenvalue weighted by Crippen LogP contribution is -2.16. The molecule has 3 aromatic rings. The molecular weight excluding hydrogens is 492 g/mol. The van der Waals surface area contributed by atoms with E-state index in [0.29, 0.717) is 38.5 Å². The molecule has 0 fully saturated rings. The van der Waals surface area contributed by atoms with Crippen LogP contribution in [0.1, 0.15) is 22.2 Å². The quantitative estimate of drug-likeness (QED) is 0.254. The number of amides is 1. The highest BCUT2D eigenvalue weighted by molar-refractivity contribution is 9.10. The van der Waals surface area contributed by atoms with Crippen LogP contribution in [-0.4, -0.2) is 39.5 Å². The number of aryl methyl sites for hydroxylation is 1. The van der Waals surface area contributed by atoms with Gasteiger partial charge in [-0.3, -0.25) is 9.36 Å². The van der Waals surface area contributed by atoms with Crippen LogP contribution in [0.25, 0.3) is 11.6 Å². The van der Waals surface area contributed by atoms with E-state index < -0.39 is 5.97 Å². The van der Waals surface area contributed by atoms with E-state index in [1.807, 2.05) is 11.5 Å². The van der Waals surface area contributed by atoms with Gasteiger partial charge in [-0.15, -0.1) is 28.1 Å². The number of carbonyl (C=O) groups excluding carboxylic acids is 2. The van der Waals surface area contributed by atoms with Crippen LogP contribution in [0.4, 0.5) is 5.00 Å². The summed E-state index contributed by atoms with van der Waals surface area (Å²) in [7, 11) is 1.31. The number of nitrogens with zero attached hydrogens (tertiary/aromatic N) is 3. The lowest BCUT2D eigenvalue weighted by molar-refractivity contribution is -0.113. The summed E-state index contributed by atoms with van der Waals surface area (Å²) in [6.07, 6.45) is 2.48. The zero-order valence-electron chi connectivity index (χ0n) is 16.3. The fourth-order valence-corrected chi connectivity index (χ4v) is 4.62. The van der Waals surface area contributed by atoms with Crippen LogP contribution in [0.3, 0.4) is 0 Å². The van der Waals surface area contributed by atoms with Gasteiger partial charge in [-0.25, -0.2) is 4.79 Å². The summed E-state index contributed by atoms with van der Waals surface area (Å²) >= 11 is 5.87. The average molecular weight is 511 g/mol. The van der Waals surface area contributed by atoms with Gasteiger partial charge in [-0.05, 0) is 40.5 Å². The number of thiophene rings is 1. The van der Waals surface area contributed by atoms with Crippen molar-refractivity contribution in [3.8, 4) is 11.6 Å². The number of hydrogen-bond donors (Lipinski definition) is 1. The van der Waals surface area contributed by atoms with Gasteiger partial charge >= 0.3 is 5.97 Å². The van der Waals surface area contributed by atoms with Gasteiger partial charge in [0.1, 0.15) is 5.00 Å². The van der Waals surface area contributed by atoms with Gasteiger partial charge < -0.3 is 14.5 Å². The van der Waals surface area contributed by atoms with Crippen molar-refractivity contribution >= 4 is 55.9 Å². The summed E-state index contributed by atoms with van der Waals surface area (Å²) in [5, 5.41) is 12.2. The summed E-state index contributed by atoms with van der Waals surface area (Å²) in [5.41, 5.74) is 0.359. The average Bonchev–Trinajstić information content (AvgIpc) is 3.44. The third-order valence-electron chi connectivity index (χ3n) is 3.94. The van der Waals surface area contributed by atoms with Gasteiger partial charge in [0.2, 0.25) is 11.7 Å². The predicted octanol–water partition coefficient (Wildman–Crippen LogP) is 4.63. The Hall–Kier alpha value is -2.37. The number of carbonyl (C=O) groups is 2. The lowest BCUT2D eigenvalue weighted by atomic mass is 10.2. The van der Waals surface area contributed by atoms with Crippen molar-refractivity contribution in [3.05, 3.63) is 46.0 Å². The molecule has 3 heterocycles. The fraction of sp³-hybridized carbons (Fsp3) is 0.263. The topological polar surface area (TPSA) is 99.2 Å². The van der Waals surface area contributed by atoms with Crippen molar-refractivity contribution in [3.63, 3.8) is 0 Å². The highest BCUT2D eigenvalue weighted by atomic mass is 79.9. The Kier molecular flexibility index (Phi) is 7.51. The van der Waals surface area contributed by atoms with Gasteiger partial charge in [0.15, 0.2) is 15.6 Å². The Morgan fingerprint density at radius 2 is 2.23 bits per heavy atom. The molecule has 0 aliphatic rings. The minimum atomic E-state index is -0.478. The van der Waals surface area contributed by atoms with E-state index in [0.717, 1.165) is 11.3 Å². The zero-order chi connectivity index (χ0) is 21.7. The molecule has 0 unspecified atom stereocenters. The molecule has 11 heteroatoms. The van der Waals surface area contributed by atoms with E-state index in [4.69, 9.17) is 9.15 Å². The second kappa shape index (κ2) is 10.1. The molecule has 0 saturated carbocycles. The molecule has 3 aromatic heterocycles. The number of anilines is 1. The molecular formula is C19H19BrN4O4S2. The Morgan fingerprint density at radius 1 is 1.43 bits per heavy atom. The number of nitrogens with one attached hydrogen (secondary N) is 1. The van der Waals surface area contributed by atoms with E-state index in [2.05, 4.69) is 38.0 Å². The molecule has 1 N–H and O–H groups in total. The number of furan rings is 1. The SMILES string of the molecule is C=CCn1c(SCC(=O)Nc2sc(CC)cc2C(=O)OC)nnc1-c1ccc(Br)o1. The van der Waals surface area contributed by atoms with Crippen LogP contribution in [-0.2, 0) is 22.5 Å². The van der Waals surface area contributed by atoms with Gasteiger partial charge in [0, 0.05) is 11.4 Å². The summed E-state index contributed by atoms with van der Waals surface area (Å²) in [5.74, 6) is 0.458. The monoisotopic (exact) mass is 510 g/mol. The maximum Gasteiger partial charge on any atom is 0.340 e. The first-order chi connectivity index (χ1) is 14.5. The molecule has 8 nitrogen and oxygen atoms in total. The minimum absolute atomic E-state index is 0.0943. The number of hydrogen-bond acceptors (Lipinski definition) is 8. The van der Waals surface area contributed by atoms with Crippen molar-refractivity contribution in [1.82, 2.24) is 14.8 Å². The second-order valence-corrected chi connectivity index (χ2v) is 8.81. The van der Waals surface area contributed by atoms with Crippen LogP contribution >= 0.6 is 39.0 Å². The van der Waals surface area contributed by atoms with Gasteiger partial charge in [0.25, 0.3) is 0 Å². The van der Waals surface area contributed by atoms with E-state index >= 15 is 0 Å². The molecule has 158 valence electrons. The van der Waals surface area contributed by atoms with Crippen molar-refractivity contribution in [1.29, 1.82) is 0 Å². The molecule has 0 bridgehead atoms. The zero-order valence-corrected chi connectivity index (χ0v) is 19.5. The lowest BCUT2D eigenvalue weighted by Gasteiger charge is -2.07. The summed E-state index contributed by atoms with van der Waals surface area (Å²) < 4.78 is 12.8. The first-order valence-electron chi connectivity index (χ1n) is 8.90. The maximum absolute atomic E-state index is 12.5. The summed E-state index contributed by atoms with van der Waals surface area (Å²) in [6, 6.07) is 5.30. The van der Waals surface area contributed by atoms with Gasteiger partial charge in [0.05, 0.1) is 18.4 Å². The fourth-order valence-electron chi connectivity index (χ4n) is 2.57. The first kappa shape index (κ1) is 22.3. The number of esters is 1. The van der Waals surface area contributed by atoms with Crippen LogP contribution in [0.5, 0.6) is 0 Å². The Balaban J connectivity index is 1.72. The predicted molar refractivity (Wildman–Crippen MR) is 120 cm³/mol. The molecule has 0 radical (unpaired) electrons. The number of methoxy groups -OCH3 is 1. The molecule has 0 saturated heterocycles. The van der Waals surface area contributed by atoms with Crippen LogP contribution in [0, 0.1) is 0 Å². The Bertz CT molecular complexity index is 1070. The van der Waals surface area contributed by atoms with Crippen LogP contribution in [0.15, 0.2) is 45.1 Å². The highest BCUT2D eigenvalue weighted by Gasteiger charge is 2.20. The third kappa shape index (κ3) is 5.02. The van der Waals surface area contributed by atoms with E-state index in [-0.39, 0.29) is 11.7 Å².